The van der Waals surface area contributed by atoms with Gasteiger partial charge in [0.1, 0.15) is 11.5 Å². The van der Waals surface area contributed by atoms with Gasteiger partial charge in [-0.3, -0.25) is 9.78 Å². The van der Waals surface area contributed by atoms with Gasteiger partial charge in [0.15, 0.2) is 0 Å². The summed E-state index contributed by atoms with van der Waals surface area (Å²) in [5.74, 6) is 1.66. The van der Waals surface area contributed by atoms with Crippen LogP contribution in [0.15, 0.2) is 73.1 Å². The molecular weight excluding hydrogens is 336 g/mol. The first kappa shape index (κ1) is 17.3. The van der Waals surface area contributed by atoms with Crippen LogP contribution in [0.5, 0.6) is 11.5 Å². The van der Waals surface area contributed by atoms with Gasteiger partial charge in [0.2, 0.25) is 0 Å². The monoisotopic (exact) mass is 358 g/mol. The number of para-hydroxylation sites is 1. The van der Waals surface area contributed by atoms with Gasteiger partial charge in [-0.25, -0.2) is 0 Å². The standard InChI is InChI=1S/C23H22N2O2/c26-23(25-13-5-2-6-14-25)20-15-19(16-24-17-20)18-9-11-22(12-10-18)27-21-7-3-1-4-8-21/h1,3-4,7-12,15-17H,2,5-6,13-14H2. The smallest absolute Gasteiger partial charge is 0.255 e. The summed E-state index contributed by atoms with van der Waals surface area (Å²) in [7, 11) is 0. The van der Waals surface area contributed by atoms with Crippen LogP contribution in [0.1, 0.15) is 29.6 Å². The molecule has 0 unspecified atom stereocenters. The number of carbonyl (C=O) groups excluding carboxylic acids is 1. The second kappa shape index (κ2) is 8.04. The van der Waals surface area contributed by atoms with Gasteiger partial charge in [-0.2, -0.15) is 0 Å². The number of pyridine rings is 1. The van der Waals surface area contributed by atoms with Crippen LogP contribution in [0, 0.1) is 0 Å². The van der Waals surface area contributed by atoms with Crippen molar-refractivity contribution in [2.75, 3.05) is 13.1 Å². The van der Waals surface area contributed by atoms with Crippen molar-refractivity contribution in [3.8, 4) is 22.6 Å². The molecule has 0 radical (unpaired) electrons. The highest BCUT2D eigenvalue weighted by Crippen LogP contribution is 2.26. The average Bonchev–Trinajstić information content (AvgIpc) is 2.75. The molecule has 136 valence electrons. The molecule has 3 aromatic rings. The second-order valence-corrected chi connectivity index (χ2v) is 6.75. The van der Waals surface area contributed by atoms with Crippen LogP contribution in [-0.4, -0.2) is 28.9 Å². The van der Waals surface area contributed by atoms with Crippen molar-refractivity contribution in [2.24, 2.45) is 0 Å². The summed E-state index contributed by atoms with van der Waals surface area (Å²) >= 11 is 0. The van der Waals surface area contributed by atoms with E-state index in [0.717, 1.165) is 48.6 Å². The van der Waals surface area contributed by atoms with Crippen LogP contribution in [-0.2, 0) is 0 Å². The summed E-state index contributed by atoms with van der Waals surface area (Å²) in [5, 5.41) is 0. The Hall–Kier alpha value is -3.14. The normalized spacial score (nSPS) is 14.0. The average molecular weight is 358 g/mol. The lowest BCUT2D eigenvalue weighted by Gasteiger charge is -2.26. The Morgan fingerprint density at radius 3 is 2.26 bits per heavy atom. The van der Waals surface area contributed by atoms with E-state index in [-0.39, 0.29) is 5.91 Å². The molecule has 0 bridgehead atoms. The van der Waals surface area contributed by atoms with E-state index >= 15 is 0 Å². The molecule has 0 N–H and O–H groups in total. The quantitative estimate of drug-likeness (QED) is 0.646. The van der Waals surface area contributed by atoms with E-state index in [1.165, 1.54) is 6.42 Å². The number of likely N-dealkylation sites (tertiary alicyclic amines) is 1. The minimum absolute atomic E-state index is 0.0769. The topological polar surface area (TPSA) is 42.4 Å². The molecule has 0 saturated carbocycles. The number of ether oxygens (including phenoxy) is 1. The van der Waals surface area contributed by atoms with Crippen LogP contribution in [0.4, 0.5) is 0 Å². The fourth-order valence-corrected chi connectivity index (χ4v) is 3.33. The number of nitrogens with zero attached hydrogens (tertiary/aromatic N) is 2. The van der Waals surface area contributed by atoms with Crippen molar-refractivity contribution in [2.45, 2.75) is 19.3 Å². The summed E-state index contributed by atoms with van der Waals surface area (Å²) < 4.78 is 5.83. The molecule has 1 fully saturated rings. The Morgan fingerprint density at radius 2 is 1.52 bits per heavy atom. The Morgan fingerprint density at radius 1 is 0.815 bits per heavy atom. The molecule has 1 aliphatic heterocycles. The number of piperidine rings is 1. The SMILES string of the molecule is O=C(c1cncc(-c2ccc(Oc3ccccc3)cc2)c1)N1CCCCC1. The van der Waals surface area contributed by atoms with Crippen LogP contribution >= 0.6 is 0 Å². The zero-order valence-electron chi connectivity index (χ0n) is 15.2. The number of benzene rings is 2. The van der Waals surface area contributed by atoms with E-state index in [9.17, 15) is 4.79 Å². The first-order chi connectivity index (χ1) is 13.3. The molecule has 0 atom stereocenters. The second-order valence-electron chi connectivity index (χ2n) is 6.75. The fourth-order valence-electron chi connectivity index (χ4n) is 3.33. The van der Waals surface area contributed by atoms with Crippen LogP contribution in [0.3, 0.4) is 0 Å². The van der Waals surface area contributed by atoms with E-state index in [1.54, 1.807) is 12.4 Å². The van der Waals surface area contributed by atoms with Crippen molar-refractivity contribution in [1.29, 1.82) is 0 Å². The molecule has 2 aromatic carbocycles. The Kier molecular flexibility index (Phi) is 5.15. The molecule has 2 heterocycles. The molecular formula is C23H22N2O2. The van der Waals surface area contributed by atoms with E-state index in [2.05, 4.69) is 4.98 Å². The van der Waals surface area contributed by atoms with Gasteiger partial charge in [0.05, 0.1) is 5.56 Å². The largest absolute Gasteiger partial charge is 0.457 e. The maximum Gasteiger partial charge on any atom is 0.255 e. The number of hydrogen-bond acceptors (Lipinski definition) is 3. The first-order valence-corrected chi connectivity index (χ1v) is 9.37. The Balaban J connectivity index is 1.50. The summed E-state index contributed by atoms with van der Waals surface area (Å²) in [5.41, 5.74) is 2.60. The number of aromatic nitrogens is 1. The van der Waals surface area contributed by atoms with Gasteiger partial charge in [-0.15, -0.1) is 0 Å². The molecule has 4 nitrogen and oxygen atoms in total. The minimum Gasteiger partial charge on any atom is -0.457 e. The van der Waals surface area contributed by atoms with Crippen molar-refractivity contribution >= 4 is 5.91 Å². The number of carbonyl (C=O) groups is 1. The number of hydrogen-bond donors (Lipinski definition) is 0. The molecule has 1 aliphatic rings. The van der Waals surface area contributed by atoms with Crippen molar-refractivity contribution in [3.63, 3.8) is 0 Å². The predicted molar refractivity (Wildman–Crippen MR) is 106 cm³/mol. The first-order valence-electron chi connectivity index (χ1n) is 9.37. The number of rotatable bonds is 4. The number of amides is 1. The highest BCUT2D eigenvalue weighted by atomic mass is 16.5. The van der Waals surface area contributed by atoms with Crippen LogP contribution in [0.2, 0.25) is 0 Å². The Labute approximate surface area is 159 Å². The van der Waals surface area contributed by atoms with Crippen molar-refractivity contribution in [3.05, 3.63) is 78.6 Å². The van der Waals surface area contributed by atoms with E-state index < -0.39 is 0 Å². The van der Waals surface area contributed by atoms with Gasteiger partial charge in [0, 0.05) is 31.0 Å². The van der Waals surface area contributed by atoms with E-state index in [4.69, 9.17) is 4.74 Å². The molecule has 4 rings (SSSR count). The van der Waals surface area contributed by atoms with E-state index in [1.807, 2.05) is 65.6 Å². The molecule has 1 aromatic heterocycles. The lowest BCUT2D eigenvalue weighted by atomic mass is 10.0. The Bertz CT molecular complexity index is 901. The molecule has 27 heavy (non-hydrogen) atoms. The van der Waals surface area contributed by atoms with Gasteiger partial charge < -0.3 is 9.64 Å². The molecule has 0 aliphatic carbocycles. The summed E-state index contributed by atoms with van der Waals surface area (Å²) in [6, 6.07) is 19.5. The van der Waals surface area contributed by atoms with Crippen LogP contribution in [0.25, 0.3) is 11.1 Å². The van der Waals surface area contributed by atoms with Crippen molar-refractivity contribution in [1.82, 2.24) is 9.88 Å². The third-order valence-electron chi connectivity index (χ3n) is 4.80. The zero-order valence-corrected chi connectivity index (χ0v) is 15.2. The molecule has 1 saturated heterocycles. The lowest BCUT2D eigenvalue weighted by molar-refractivity contribution is 0.0724. The fraction of sp³-hybridized carbons (Fsp3) is 0.217. The zero-order chi connectivity index (χ0) is 18.5. The molecule has 0 spiro atoms. The maximum absolute atomic E-state index is 12.7. The predicted octanol–water partition coefficient (Wildman–Crippen LogP) is 5.17. The third kappa shape index (κ3) is 4.17. The van der Waals surface area contributed by atoms with Gasteiger partial charge in [-0.05, 0) is 55.2 Å². The molecule has 4 heteroatoms. The highest BCUT2D eigenvalue weighted by molar-refractivity contribution is 5.95. The van der Waals surface area contributed by atoms with Crippen LogP contribution < -0.4 is 4.74 Å². The molecule has 1 amide bonds. The van der Waals surface area contributed by atoms with Crippen molar-refractivity contribution < 1.29 is 9.53 Å². The van der Waals surface area contributed by atoms with E-state index in [0.29, 0.717) is 5.56 Å². The minimum atomic E-state index is 0.0769. The highest BCUT2D eigenvalue weighted by Gasteiger charge is 2.18. The third-order valence-corrected chi connectivity index (χ3v) is 4.80. The van der Waals surface area contributed by atoms with Gasteiger partial charge >= 0.3 is 0 Å². The van der Waals surface area contributed by atoms with Gasteiger partial charge in [-0.1, -0.05) is 30.3 Å². The maximum atomic E-state index is 12.7. The van der Waals surface area contributed by atoms with Gasteiger partial charge in [0.25, 0.3) is 5.91 Å². The summed E-state index contributed by atoms with van der Waals surface area (Å²) in [6.45, 7) is 1.68. The lowest BCUT2D eigenvalue weighted by Crippen LogP contribution is -2.35. The summed E-state index contributed by atoms with van der Waals surface area (Å²) in [6.07, 6.45) is 6.83. The summed E-state index contributed by atoms with van der Waals surface area (Å²) in [4.78, 5) is 18.9.